The molecule has 1 saturated heterocycles. The number of carbonyl (C=O) groups excluding carboxylic acids is 2. The number of anilines is 2. The second kappa shape index (κ2) is 8.63. The van der Waals surface area contributed by atoms with Gasteiger partial charge in [-0.1, -0.05) is 12.8 Å². The number of rotatable bonds is 5. The van der Waals surface area contributed by atoms with Crippen molar-refractivity contribution in [1.29, 1.82) is 0 Å². The zero-order chi connectivity index (χ0) is 19.4. The molecule has 2 N–H and O–H groups in total. The molecule has 1 aliphatic carbocycles. The molecule has 148 valence electrons. The number of hydrogen-bond donors (Lipinski definition) is 1. The van der Waals surface area contributed by atoms with Crippen LogP contribution in [0.5, 0.6) is 0 Å². The lowest BCUT2D eigenvalue weighted by atomic mass is 10.1. The summed E-state index contributed by atoms with van der Waals surface area (Å²) in [6.45, 7) is 8.26. The molecule has 1 aromatic carbocycles. The van der Waals surface area contributed by atoms with Gasteiger partial charge < -0.3 is 20.4 Å². The van der Waals surface area contributed by atoms with E-state index in [1.54, 1.807) is 6.07 Å². The lowest BCUT2D eigenvalue weighted by molar-refractivity contribution is -0.135. The number of nitrogens with two attached hydrogens (primary N) is 1. The van der Waals surface area contributed by atoms with E-state index in [9.17, 15) is 9.59 Å². The number of piperazine rings is 1. The van der Waals surface area contributed by atoms with Crippen molar-refractivity contribution in [1.82, 2.24) is 9.80 Å². The van der Waals surface area contributed by atoms with E-state index in [-0.39, 0.29) is 11.8 Å². The summed E-state index contributed by atoms with van der Waals surface area (Å²) in [5, 5.41) is 0. The number of nitrogens with zero attached hydrogens (tertiary/aromatic N) is 3. The molecule has 1 heterocycles. The summed E-state index contributed by atoms with van der Waals surface area (Å²) in [6.07, 6.45) is 4.44. The minimum Gasteiger partial charge on any atom is -0.399 e. The fourth-order valence-electron chi connectivity index (χ4n) is 4.28. The Kier molecular flexibility index (Phi) is 6.24. The fourth-order valence-corrected chi connectivity index (χ4v) is 4.28. The fraction of sp³-hybridized carbons (Fsp3) is 0.619. The van der Waals surface area contributed by atoms with E-state index in [1.807, 2.05) is 35.8 Å². The molecule has 0 radical (unpaired) electrons. The summed E-state index contributed by atoms with van der Waals surface area (Å²) in [7, 11) is 0. The molecule has 27 heavy (non-hydrogen) atoms. The van der Waals surface area contributed by atoms with Gasteiger partial charge in [-0.05, 0) is 44.9 Å². The molecule has 2 aliphatic rings. The second-order valence-electron chi connectivity index (χ2n) is 7.55. The smallest absolute Gasteiger partial charge is 0.256 e. The molecule has 0 unspecified atom stereocenters. The summed E-state index contributed by atoms with van der Waals surface area (Å²) in [6, 6.07) is 5.58. The third-order valence-electron chi connectivity index (χ3n) is 5.94. The topological polar surface area (TPSA) is 69.9 Å². The van der Waals surface area contributed by atoms with Gasteiger partial charge in [-0.2, -0.15) is 0 Å². The lowest BCUT2D eigenvalue weighted by Crippen LogP contribution is -2.50. The highest BCUT2D eigenvalue weighted by Crippen LogP contribution is 2.29. The Morgan fingerprint density at radius 2 is 1.70 bits per heavy atom. The zero-order valence-electron chi connectivity index (χ0n) is 16.6. The summed E-state index contributed by atoms with van der Waals surface area (Å²) in [5.41, 5.74) is 8.15. The van der Waals surface area contributed by atoms with Crippen LogP contribution in [0, 0.1) is 5.92 Å². The van der Waals surface area contributed by atoms with Crippen LogP contribution in [-0.4, -0.2) is 60.9 Å². The molecular weight excluding hydrogens is 340 g/mol. The maximum absolute atomic E-state index is 12.9. The van der Waals surface area contributed by atoms with Gasteiger partial charge >= 0.3 is 0 Å². The molecule has 2 fully saturated rings. The summed E-state index contributed by atoms with van der Waals surface area (Å²) >= 11 is 0. The Labute approximate surface area is 162 Å². The SMILES string of the molecule is CCN(CC)C(=O)c1cc(N)ccc1N1CCN(C(=O)C2CCCC2)CC1. The van der Waals surface area contributed by atoms with Gasteiger partial charge in [-0.25, -0.2) is 0 Å². The van der Waals surface area contributed by atoms with E-state index in [0.29, 0.717) is 30.2 Å². The first-order chi connectivity index (χ1) is 13.0. The van der Waals surface area contributed by atoms with Crippen molar-refractivity contribution in [3.63, 3.8) is 0 Å². The Bertz CT molecular complexity index is 673. The van der Waals surface area contributed by atoms with Gasteiger partial charge in [0, 0.05) is 56.6 Å². The predicted octanol–water partition coefficient (Wildman–Crippen LogP) is 2.59. The van der Waals surface area contributed by atoms with E-state index in [1.165, 1.54) is 12.8 Å². The molecule has 0 bridgehead atoms. The molecule has 6 nitrogen and oxygen atoms in total. The minimum atomic E-state index is 0.0201. The average Bonchev–Trinajstić information content (AvgIpc) is 3.23. The first-order valence-electron chi connectivity index (χ1n) is 10.3. The molecule has 1 aliphatic heterocycles. The molecular formula is C21H32N4O2. The van der Waals surface area contributed by atoms with Crippen LogP contribution in [-0.2, 0) is 4.79 Å². The van der Waals surface area contributed by atoms with Crippen LogP contribution in [0.15, 0.2) is 18.2 Å². The number of nitrogen functional groups attached to an aromatic ring is 1. The standard InChI is InChI=1S/C21H32N4O2/c1-3-23(4-2)21(27)18-15-17(22)9-10-19(18)24-11-13-25(14-12-24)20(26)16-7-5-6-8-16/h9-10,15-16H,3-8,11-14,22H2,1-2H3. The van der Waals surface area contributed by atoms with Gasteiger partial charge in [0.05, 0.1) is 5.56 Å². The van der Waals surface area contributed by atoms with Crippen molar-refractivity contribution in [2.45, 2.75) is 39.5 Å². The van der Waals surface area contributed by atoms with Crippen LogP contribution >= 0.6 is 0 Å². The van der Waals surface area contributed by atoms with Crippen LogP contribution in [0.2, 0.25) is 0 Å². The van der Waals surface area contributed by atoms with Crippen molar-refractivity contribution in [2.75, 3.05) is 49.9 Å². The third-order valence-corrected chi connectivity index (χ3v) is 5.94. The maximum atomic E-state index is 12.9. The van der Waals surface area contributed by atoms with Crippen molar-refractivity contribution >= 4 is 23.2 Å². The van der Waals surface area contributed by atoms with Gasteiger partial charge in [0.2, 0.25) is 5.91 Å². The third kappa shape index (κ3) is 4.20. The van der Waals surface area contributed by atoms with Crippen LogP contribution in [0.25, 0.3) is 0 Å². The molecule has 1 aromatic rings. The van der Waals surface area contributed by atoms with Crippen molar-refractivity contribution in [2.24, 2.45) is 5.92 Å². The van der Waals surface area contributed by atoms with E-state index in [4.69, 9.17) is 5.73 Å². The molecule has 2 amide bonds. The minimum absolute atomic E-state index is 0.0201. The normalized spacial score (nSPS) is 18.0. The van der Waals surface area contributed by atoms with E-state index in [2.05, 4.69) is 4.90 Å². The van der Waals surface area contributed by atoms with Crippen LogP contribution < -0.4 is 10.6 Å². The van der Waals surface area contributed by atoms with E-state index >= 15 is 0 Å². The molecule has 0 aromatic heterocycles. The molecule has 3 rings (SSSR count). The zero-order valence-corrected chi connectivity index (χ0v) is 16.6. The van der Waals surface area contributed by atoms with Crippen molar-refractivity contribution in [3.05, 3.63) is 23.8 Å². The van der Waals surface area contributed by atoms with Gasteiger partial charge in [0.15, 0.2) is 0 Å². The van der Waals surface area contributed by atoms with E-state index in [0.717, 1.165) is 44.7 Å². The molecule has 0 spiro atoms. The van der Waals surface area contributed by atoms with Crippen LogP contribution in [0.4, 0.5) is 11.4 Å². The number of benzene rings is 1. The number of amides is 2. The van der Waals surface area contributed by atoms with Gasteiger partial charge in [0.1, 0.15) is 0 Å². The first-order valence-corrected chi connectivity index (χ1v) is 10.3. The summed E-state index contributed by atoms with van der Waals surface area (Å²) in [5.74, 6) is 0.573. The largest absolute Gasteiger partial charge is 0.399 e. The summed E-state index contributed by atoms with van der Waals surface area (Å²) < 4.78 is 0. The van der Waals surface area contributed by atoms with Gasteiger partial charge in [-0.15, -0.1) is 0 Å². The average molecular weight is 373 g/mol. The van der Waals surface area contributed by atoms with Crippen LogP contribution in [0.1, 0.15) is 49.9 Å². The number of carbonyl (C=O) groups is 2. The molecule has 0 atom stereocenters. The van der Waals surface area contributed by atoms with E-state index < -0.39 is 0 Å². The van der Waals surface area contributed by atoms with Crippen molar-refractivity contribution < 1.29 is 9.59 Å². The van der Waals surface area contributed by atoms with Gasteiger partial charge in [-0.3, -0.25) is 9.59 Å². The van der Waals surface area contributed by atoms with Crippen LogP contribution in [0.3, 0.4) is 0 Å². The second-order valence-corrected chi connectivity index (χ2v) is 7.55. The lowest BCUT2D eigenvalue weighted by Gasteiger charge is -2.38. The highest BCUT2D eigenvalue weighted by molar-refractivity contribution is 6.00. The Hall–Kier alpha value is -2.24. The highest BCUT2D eigenvalue weighted by atomic mass is 16.2. The Balaban J connectivity index is 1.72. The van der Waals surface area contributed by atoms with Gasteiger partial charge in [0.25, 0.3) is 5.91 Å². The monoisotopic (exact) mass is 372 g/mol. The highest BCUT2D eigenvalue weighted by Gasteiger charge is 2.30. The first kappa shape index (κ1) is 19.5. The summed E-state index contributed by atoms with van der Waals surface area (Å²) in [4.78, 5) is 31.7. The van der Waals surface area contributed by atoms with Crippen molar-refractivity contribution in [3.8, 4) is 0 Å². The Morgan fingerprint density at radius 1 is 1.07 bits per heavy atom. The molecule has 6 heteroatoms. The quantitative estimate of drug-likeness (QED) is 0.807. The predicted molar refractivity (Wildman–Crippen MR) is 109 cm³/mol. The number of hydrogen-bond acceptors (Lipinski definition) is 4. The molecule has 1 saturated carbocycles. The Morgan fingerprint density at radius 3 is 2.30 bits per heavy atom. The maximum Gasteiger partial charge on any atom is 0.256 e.